The Morgan fingerprint density at radius 3 is 2.50 bits per heavy atom. The van der Waals surface area contributed by atoms with E-state index in [1.807, 2.05) is 0 Å². The fourth-order valence-electron chi connectivity index (χ4n) is 2.13. The van der Waals surface area contributed by atoms with Crippen LogP contribution in [0, 0.1) is 5.82 Å². The number of carbonyl (C=O) groups excluding carboxylic acids is 1. The smallest absolute Gasteiger partial charge is 0.242 e. The van der Waals surface area contributed by atoms with Gasteiger partial charge < -0.3 is 15.7 Å². The third-order valence-corrected chi connectivity index (χ3v) is 3.28. The lowest BCUT2D eigenvalue weighted by atomic mass is 10.0. The van der Waals surface area contributed by atoms with Crippen LogP contribution >= 0.6 is 12.4 Å². The van der Waals surface area contributed by atoms with Crippen molar-refractivity contribution >= 4 is 18.3 Å². The number of halogens is 3. The number of rotatable bonds is 3. The van der Waals surface area contributed by atoms with Gasteiger partial charge in [-0.1, -0.05) is 12.1 Å². The largest absolute Gasteiger partial charge is 0.386 e. The van der Waals surface area contributed by atoms with E-state index in [4.69, 9.17) is 5.73 Å². The summed E-state index contributed by atoms with van der Waals surface area (Å²) in [5.41, 5.74) is 6.06. The molecule has 1 aromatic rings. The highest BCUT2D eigenvalue weighted by molar-refractivity contribution is 5.85. The van der Waals surface area contributed by atoms with Gasteiger partial charge in [0.15, 0.2) is 0 Å². The molecule has 0 saturated carbocycles. The molecule has 0 aromatic heterocycles. The number of hydrogen-bond donors (Lipinski definition) is 2. The van der Waals surface area contributed by atoms with E-state index in [1.165, 1.54) is 29.2 Å². The highest BCUT2D eigenvalue weighted by Gasteiger charge is 2.32. The van der Waals surface area contributed by atoms with E-state index in [0.29, 0.717) is 18.5 Å². The second-order valence-corrected chi connectivity index (χ2v) is 4.69. The first-order valence-electron chi connectivity index (χ1n) is 6.11. The zero-order valence-corrected chi connectivity index (χ0v) is 11.5. The van der Waals surface area contributed by atoms with Gasteiger partial charge in [-0.25, -0.2) is 8.78 Å². The zero-order chi connectivity index (χ0) is 14.0. The maximum absolute atomic E-state index is 13.0. The summed E-state index contributed by atoms with van der Waals surface area (Å²) in [6.45, 7) is 0.326. The van der Waals surface area contributed by atoms with Crippen LogP contribution < -0.4 is 5.73 Å². The minimum atomic E-state index is -1.23. The maximum atomic E-state index is 13.0. The van der Waals surface area contributed by atoms with E-state index in [0.717, 1.165) is 0 Å². The van der Waals surface area contributed by atoms with Crippen LogP contribution in [-0.2, 0) is 4.79 Å². The summed E-state index contributed by atoms with van der Waals surface area (Å²) in [4.78, 5) is 13.3. The molecule has 1 fully saturated rings. The Kier molecular flexibility index (Phi) is 5.86. The van der Waals surface area contributed by atoms with Gasteiger partial charge in [-0.3, -0.25) is 4.79 Å². The fourth-order valence-corrected chi connectivity index (χ4v) is 2.13. The van der Waals surface area contributed by atoms with E-state index in [2.05, 4.69) is 0 Å². The van der Waals surface area contributed by atoms with Crippen LogP contribution in [0.5, 0.6) is 0 Å². The van der Waals surface area contributed by atoms with Gasteiger partial charge in [-0.15, -0.1) is 12.4 Å². The van der Waals surface area contributed by atoms with E-state index < -0.39 is 30.0 Å². The molecule has 1 heterocycles. The van der Waals surface area contributed by atoms with Crippen molar-refractivity contribution in [2.24, 2.45) is 5.73 Å². The van der Waals surface area contributed by atoms with Crippen LogP contribution in [0.1, 0.15) is 18.1 Å². The molecule has 1 aromatic carbocycles. The molecule has 2 rings (SSSR count). The van der Waals surface area contributed by atoms with Crippen molar-refractivity contribution in [2.45, 2.75) is 24.7 Å². The van der Waals surface area contributed by atoms with Gasteiger partial charge in [-0.2, -0.15) is 0 Å². The predicted octanol–water partition coefficient (Wildman–Crippen LogP) is 1.18. The van der Waals surface area contributed by atoms with Gasteiger partial charge in [0.2, 0.25) is 5.91 Å². The van der Waals surface area contributed by atoms with Gasteiger partial charge in [0.05, 0.1) is 6.54 Å². The van der Waals surface area contributed by atoms with Crippen molar-refractivity contribution in [1.82, 2.24) is 4.90 Å². The average molecular weight is 307 g/mol. The number of carbonyl (C=O) groups is 1. The van der Waals surface area contributed by atoms with Crippen LogP contribution in [0.3, 0.4) is 0 Å². The third kappa shape index (κ3) is 3.65. The highest BCUT2D eigenvalue weighted by atomic mass is 35.5. The summed E-state index contributed by atoms with van der Waals surface area (Å²) >= 11 is 0. The summed E-state index contributed by atoms with van der Waals surface area (Å²) < 4.78 is 25.8. The third-order valence-electron chi connectivity index (χ3n) is 3.28. The van der Waals surface area contributed by atoms with Crippen molar-refractivity contribution in [3.63, 3.8) is 0 Å². The van der Waals surface area contributed by atoms with E-state index in [1.54, 1.807) is 0 Å². The number of hydrogen-bond acceptors (Lipinski definition) is 3. The first-order chi connectivity index (χ1) is 8.99. The first kappa shape index (κ1) is 16.8. The molecule has 1 aliphatic heterocycles. The number of benzene rings is 1. The van der Waals surface area contributed by atoms with Crippen molar-refractivity contribution in [3.05, 3.63) is 35.6 Å². The monoisotopic (exact) mass is 306 g/mol. The zero-order valence-electron chi connectivity index (χ0n) is 10.7. The molecule has 3 N–H and O–H groups in total. The van der Waals surface area contributed by atoms with Gasteiger partial charge in [0.25, 0.3) is 0 Å². The van der Waals surface area contributed by atoms with Crippen molar-refractivity contribution in [1.29, 1.82) is 0 Å². The summed E-state index contributed by atoms with van der Waals surface area (Å²) in [5.74, 6) is -0.923. The number of amides is 1. The molecule has 112 valence electrons. The lowest BCUT2D eigenvalue weighted by Gasteiger charge is -2.24. The molecule has 0 bridgehead atoms. The molecule has 1 amide bonds. The summed E-state index contributed by atoms with van der Waals surface area (Å²) in [6, 6.07) is 3.94. The molecule has 0 aliphatic carbocycles. The lowest BCUT2D eigenvalue weighted by Crippen LogP contribution is -2.46. The van der Waals surface area contributed by atoms with E-state index >= 15 is 0 Å². The Balaban J connectivity index is 0.00000200. The SMILES string of the molecule is Cl.N[C@@H](C(=O)N1CCC(F)C1)[C@@H](O)c1ccc(F)cc1. The van der Waals surface area contributed by atoms with Crippen LogP contribution in [0.4, 0.5) is 8.78 Å². The Labute approximate surface area is 122 Å². The number of aliphatic hydroxyl groups is 1. The Morgan fingerprint density at radius 2 is 2.00 bits per heavy atom. The molecule has 1 unspecified atom stereocenters. The quantitative estimate of drug-likeness (QED) is 0.881. The van der Waals surface area contributed by atoms with Crippen LogP contribution in [0.2, 0.25) is 0 Å². The van der Waals surface area contributed by atoms with Crippen LogP contribution in [0.25, 0.3) is 0 Å². The van der Waals surface area contributed by atoms with E-state index in [9.17, 15) is 18.7 Å². The van der Waals surface area contributed by atoms with Gasteiger partial charge in [0, 0.05) is 6.54 Å². The maximum Gasteiger partial charge on any atom is 0.242 e. The van der Waals surface area contributed by atoms with Crippen LogP contribution in [-0.4, -0.2) is 41.2 Å². The van der Waals surface area contributed by atoms with Crippen molar-refractivity contribution < 1.29 is 18.7 Å². The van der Waals surface area contributed by atoms with Gasteiger partial charge in [0.1, 0.15) is 24.1 Å². The molecule has 1 saturated heterocycles. The number of nitrogens with zero attached hydrogens (tertiary/aromatic N) is 1. The Hall–Kier alpha value is -1.24. The van der Waals surface area contributed by atoms with E-state index in [-0.39, 0.29) is 19.0 Å². The number of aliphatic hydroxyl groups excluding tert-OH is 1. The predicted molar refractivity (Wildman–Crippen MR) is 72.7 cm³/mol. The topological polar surface area (TPSA) is 66.6 Å². The number of alkyl halides is 1. The fraction of sp³-hybridized carbons (Fsp3) is 0.462. The molecule has 3 atom stereocenters. The molecular weight excluding hydrogens is 290 g/mol. The van der Waals surface area contributed by atoms with Crippen molar-refractivity contribution in [3.8, 4) is 0 Å². The minimum Gasteiger partial charge on any atom is -0.386 e. The molecular formula is C13H17ClF2N2O2. The molecule has 1 aliphatic rings. The lowest BCUT2D eigenvalue weighted by molar-refractivity contribution is -0.134. The molecule has 7 heteroatoms. The first-order valence-corrected chi connectivity index (χ1v) is 6.11. The molecule has 4 nitrogen and oxygen atoms in total. The second kappa shape index (κ2) is 6.97. The van der Waals surface area contributed by atoms with Crippen molar-refractivity contribution in [2.75, 3.05) is 13.1 Å². The summed E-state index contributed by atoms with van der Waals surface area (Å²) in [7, 11) is 0. The molecule has 0 spiro atoms. The van der Waals surface area contributed by atoms with Crippen LogP contribution in [0.15, 0.2) is 24.3 Å². The Bertz CT molecular complexity index is 458. The standard InChI is InChI=1S/C13H16F2N2O2.ClH/c14-9-3-1-8(2-4-9)12(18)11(16)13(19)17-6-5-10(15)7-17;/h1-4,10-12,18H,5-7,16H2;1H/t10?,11-,12+;/m1./s1. The summed E-state index contributed by atoms with van der Waals surface area (Å²) in [6.07, 6.45) is -1.96. The molecule has 0 radical (unpaired) electrons. The Morgan fingerprint density at radius 1 is 1.40 bits per heavy atom. The normalized spacial score (nSPS) is 21.2. The van der Waals surface area contributed by atoms with Gasteiger partial charge >= 0.3 is 0 Å². The van der Waals surface area contributed by atoms with Gasteiger partial charge in [-0.05, 0) is 24.1 Å². The number of nitrogens with two attached hydrogens (primary N) is 1. The minimum absolute atomic E-state index is 0. The highest BCUT2D eigenvalue weighted by Crippen LogP contribution is 2.20. The molecule has 20 heavy (non-hydrogen) atoms. The average Bonchev–Trinajstić information content (AvgIpc) is 2.84. The number of likely N-dealkylation sites (tertiary alicyclic amines) is 1. The second-order valence-electron chi connectivity index (χ2n) is 4.69. The summed E-state index contributed by atoms with van der Waals surface area (Å²) in [5, 5.41) is 9.99.